The molecule has 1 aliphatic carbocycles. The molecule has 0 saturated heterocycles. The predicted octanol–water partition coefficient (Wildman–Crippen LogP) is 2.76. The highest BCUT2D eigenvalue weighted by molar-refractivity contribution is 5.77. The van der Waals surface area contributed by atoms with Crippen molar-refractivity contribution in [2.24, 2.45) is 5.92 Å². The minimum Gasteiger partial charge on any atom is -0.355 e. The molecule has 1 aliphatic rings. The standard InChI is InChI=1S/C14H19N3O/c18-14-13-12(16-9-17-14)11(8-15-13)7-10-5-3-1-2-4-6-10/h8-10,15H,1-7H2,(H,16,17,18). The fourth-order valence-corrected chi connectivity index (χ4v) is 3.04. The fourth-order valence-electron chi connectivity index (χ4n) is 3.04. The molecule has 18 heavy (non-hydrogen) atoms. The third kappa shape index (κ3) is 2.19. The summed E-state index contributed by atoms with van der Waals surface area (Å²) in [6.07, 6.45) is 12.6. The van der Waals surface area contributed by atoms with Gasteiger partial charge in [0.15, 0.2) is 0 Å². The van der Waals surface area contributed by atoms with Gasteiger partial charge in [0.1, 0.15) is 5.52 Å². The Kier molecular flexibility index (Phi) is 3.17. The zero-order valence-corrected chi connectivity index (χ0v) is 10.5. The number of hydrogen-bond donors (Lipinski definition) is 2. The lowest BCUT2D eigenvalue weighted by Gasteiger charge is -2.12. The van der Waals surface area contributed by atoms with E-state index in [0.29, 0.717) is 5.52 Å². The summed E-state index contributed by atoms with van der Waals surface area (Å²) in [6.45, 7) is 0. The highest BCUT2D eigenvalue weighted by Crippen LogP contribution is 2.27. The molecule has 0 amide bonds. The minimum absolute atomic E-state index is 0.0767. The van der Waals surface area contributed by atoms with Crippen LogP contribution in [-0.2, 0) is 6.42 Å². The van der Waals surface area contributed by atoms with Crippen molar-refractivity contribution in [2.75, 3.05) is 0 Å². The maximum absolute atomic E-state index is 11.6. The van der Waals surface area contributed by atoms with Crippen molar-refractivity contribution in [3.63, 3.8) is 0 Å². The second-order valence-electron chi connectivity index (χ2n) is 5.33. The number of aromatic nitrogens is 3. The van der Waals surface area contributed by atoms with Gasteiger partial charge in [-0.1, -0.05) is 38.5 Å². The van der Waals surface area contributed by atoms with E-state index in [-0.39, 0.29) is 5.56 Å². The van der Waals surface area contributed by atoms with Gasteiger partial charge in [-0.05, 0) is 17.9 Å². The molecule has 2 aromatic heterocycles. The summed E-state index contributed by atoms with van der Waals surface area (Å²) in [7, 11) is 0. The Bertz CT molecular complexity index is 576. The van der Waals surface area contributed by atoms with E-state index in [1.165, 1.54) is 50.4 Å². The zero-order chi connectivity index (χ0) is 12.4. The lowest BCUT2D eigenvalue weighted by atomic mass is 9.93. The van der Waals surface area contributed by atoms with Gasteiger partial charge in [0, 0.05) is 6.20 Å². The topological polar surface area (TPSA) is 61.5 Å². The molecular weight excluding hydrogens is 226 g/mol. The van der Waals surface area contributed by atoms with E-state index < -0.39 is 0 Å². The van der Waals surface area contributed by atoms with Crippen LogP contribution in [0, 0.1) is 5.92 Å². The molecule has 0 atom stereocenters. The molecule has 0 spiro atoms. The molecule has 4 nitrogen and oxygen atoms in total. The quantitative estimate of drug-likeness (QED) is 0.799. The summed E-state index contributed by atoms with van der Waals surface area (Å²) >= 11 is 0. The van der Waals surface area contributed by atoms with Gasteiger partial charge in [-0.15, -0.1) is 0 Å². The largest absolute Gasteiger partial charge is 0.355 e. The van der Waals surface area contributed by atoms with E-state index >= 15 is 0 Å². The van der Waals surface area contributed by atoms with Crippen molar-refractivity contribution in [1.29, 1.82) is 0 Å². The minimum atomic E-state index is -0.0767. The summed E-state index contributed by atoms with van der Waals surface area (Å²) in [5.74, 6) is 0.757. The van der Waals surface area contributed by atoms with Gasteiger partial charge < -0.3 is 9.97 Å². The Balaban J connectivity index is 1.86. The highest BCUT2D eigenvalue weighted by Gasteiger charge is 2.16. The van der Waals surface area contributed by atoms with E-state index in [1.807, 2.05) is 6.20 Å². The SMILES string of the molecule is O=c1[nH]cnc2c(CC3CCCCCC3)c[nH]c12. The molecule has 2 heterocycles. The monoisotopic (exact) mass is 245 g/mol. The molecule has 2 aromatic rings. The Morgan fingerprint density at radius 2 is 1.94 bits per heavy atom. The Hall–Kier alpha value is -1.58. The number of fused-ring (bicyclic) bond motifs is 1. The molecule has 4 heteroatoms. The summed E-state index contributed by atoms with van der Waals surface area (Å²) in [4.78, 5) is 21.6. The third-order valence-corrected chi connectivity index (χ3v) is 4.03. The van der Waals surface area contributed by atoms with E-state index in [9.17, 15) is 4.79 Å². The lowest BCUT2D eigenvalue weighted by Crippen LogP contribution is -2.07. The molecule has 96 valence electrons. The van der Waals surface area contributed by atoms with Crippen LogP contribution in [0.4, 0.5) is 0 Å². The van der Waals surface area contributed by atoms with Crippen LogP contribution in [0.2, 0.25) is 0 Å². The van der Waals surface area contributed by atoms with Crippen LogP contribution >= 0.6 is 0 Å². The van der Waals surface area contributed by atoms with Crippen molar-refractivity contribution in [3.8, 4) is 0 Å². The van der Waals surface area contributed by atoms with Crippen LogP contribution in [0.1, 0.15) is 44.1 Å². The number of rotatable bonds is 2. The van der Waals surface area contributed by atoms with Crippen molar-refractivity contribution in [3.05, 3.63) is 28.4 Å². The van der Waals surface area contributed by atoms with Crippen molar-refractivity contribution < 1.29 is 0 Å². The fraction of sp³-hybridized carbons (Fsp3) is 0.571. The molecule has 0 unspecified atom stereocenters. The average molecular weight is 245 g/mol. The highest BCUT2D eigenvalue weighted by atomic mass is 16.1. The smallest absolute Gasteiger partial charge is 0.275 e. The third-order valence-electron chi connectivity index (χ3n) is 4.03. The van der Waals surface area contributed by atoms with Crippen molar-refractivity contribution in [2.45, 2.75) is 44.9 Å². The maximum atomic E-state index is 11.6. The molecule has 3 rings (SSSR count). The number of H-pyrrole nitrogens is 2. The molecule has 0 aromatic carbocycles. The molecule has 0 radical (unpaired) electrons. The van der Waals surface area contributed by atoms with Crippen molar-refractivity contribution >= 4 is 11.0 Å². The van der Waals surface area contributed by atoms with Crippen LogP contribution in [0.3, 0.4) is 0 Å². The number of nitrogens with one attached hydrogen (secondary N) is 2. The first-order chi connectivity index (χ1) is 8.84. The summed E-state index contributed by atoms with van der Waals surface area (Å²) in [5, 5.41) is 0. The first-order valence-corrected chi connectivity index (χ1v) is 6.88. The van der Waals surface area contributed by atoms with Crippen LogP contribution in [0.15, 0.2) is 17.3 Å². The van der Waals surface area contributed by atoms with Gasteiger partial charge in [0.05, 0.1) is 11.8 Å². The van der Waals surface area contributed by atoms with Gasteiger partial charge in [-0.2, -0.15) is 0 Å². The Morgan fingerprint density at radius 3 is 2.72 bits per heavy atom. The molecule has 2 N–H and O–H groups in total. The first-order valence-electron chi connectivity index (χ1n) is 6.88. The second kappa shape index (κ2) is 4.96. The van der Waals surface area contributed by atoms with Gasteiger partial charge in [0.25, 0.3) is 5.56 Å². The van der Waals surface area contributed by atoms with Gasteiger partial charge in [-0.3, -0.25) is 4.79 Å². The predicted molar refractivity (Wildman–Crippen MR) is 71.6 cm³/mol. The summed E-state index contributed by atoms with van der Waals surface area (Å²) in [6, 6.07) is 0. The average Bonchev–Trinajstić information content (AvgIpc) is 2.61. The van der Waals surface area contributed by atoms with E-state index in [0.717, 1.165) is 17.9 Å². The van der Waals surface area contributed by atoms with E-state index in [4.69, 9.17) is 0 Å². The second-order valence-corrected chi connectivity index (χ2v) is 5.33. The van der Waals surface area contributed by atoms with E-state index in [2.05, 4.69) is 15.0 Å². The van der Waals surface area contributed by atoms with Gasteiger partial charge in [0.2, 0.25) is 0 Å². The van der Waals surface area contributed by atoms with Crippen molar-refractivity contribution in [1.82, 2.24) is 15.0 Å². The summed E-state index contributed by atoms with van der Waals surface area (Å²) < 4.78 is 0. The first kappa shape index (κ1) is 11.5. The van der Waals surface area contributed by atoms with Crippen LogP contribution in [-0.4, -0.2) is 15.0 Å². The molecule has 0 bridgehead atoms. The lowest BCUT2D eigenvalue weighted by molar-refractivity contribution is 0.459. The van der Waals surface area contributed by atoms with Crippen LogP contribution in [0.5, 0.6) is 0 Å². The molecule has 1 fully saturated rings. The Labute approximate surface area is 106 Å². The maximum Gasteiger partial charge on any atom is 0.275 e. The van der Waals surface area contributed by atoms with Crippen LogP contribution < -0.4 is 5.56 Å². The molecule has 1 saturated carbocycles. The Morgan fingerprint density at radius 1 is 1.17 bits per heavy atom. The molecular formula is C14H19N3O. The number of nitrogens with zero attached hydrogens (tertiary/aromatic N) is 1. The zero-order valence-electron chi connectivity index (χ0n) is 10.5. The van der Waals surface area contributed by atoms with Gasteiger partial charge in [-0.25, -0.2) is 4.98 Å². The normalized spacial score (nSPS) is 18.0. The number of hydrogen-bond acceptors (Lipinski definition) is 2. The molecule has 0 aliphatic heterocycles. The van der Waals surface area contributed by atoms with Crippen LogP contribution in [0.25, 0.3) is 11.0 Å². The van der Waals surface area contributed by atoms with E-state index in [1.54, 1.807) is 0 Å². The summed E-state index contributed by atoms with van der Waals surface area (Å²) in [5.41, 5.74) is 2.58. The van der Waals surface area contributed by atoms with Gasteiger partial charge >= 0.3 is 0 Å². The number of aromatic amines is 2.